The molecular formula is C20H35N3O7. The summed E-state index contributed by atoms with van der Waals surface area (Å²) in [6.45, 7) is 3.36. The van der Waals surface area contributed by atoms with Crippen molar-refractivity contribution in [2.75, 3.05) is 13.7 Å². The van der Waals surface area contributed by atoms with Gasteiger partial charge < -0.3 is 35.5 Å². The number of nitrogens with one attached hydrogen (secondary N) is 2. The molecule has 0 saturated carbocycles. The summed E-state index contributed by atoms with van der Waals surface area (Å²) in [7, 11) is 1.37. The van der Waals surface area contributed by atoms with E-state index in [-0.39, 0.29) is 18.1 Å². The molecule has 10 nitrogen and oxygen atoms in total. The van der Waals surface area contributed by atoms with Gasteiger partial charge in [0, 0.05) is 19.4 Å². The van der Waals surface area contributed by atoms with Crippen LogP contribution in [0.2, 0.25) is 0 Å². The van der Waals surface area contributed by atoms with Crippen LogP contribution < -0.4 is 11.1 Å². The molecule has 6 N–H and O–H groups in total. The van der Waals surface area contributed by atoms with E-state index in [0.29, 0.717) is 6.42 Å². The number of esters is 1. The first-order valence-corrected chi connectivity index (χ1v) is 10.3. The molecule has 0 fully saturated rings. The van der Waals surface area contributed by atoms with Crippen molar-refractivity contribution in [1.29, 1.82) is 5.41 Å². The molecule has 1 rings (SSSR count). The third kappa shape index (κ3) is 7.83. The Morgan fingerprint density at radius 1 is 1.33 bits per heavy atom. The highest BCUT2D eigenvalue weighted by molar-refractivity contribution is 5.85. The Morgan fingerprint density at radius 3 is 2.53 bits per heavy atom. The van der Waals surface area contributed by atoms with Crippen LogP contribution in [0.4, 0.5) is 0 Å². The number of nitrogens with two attached hydrogens (primary N) is 1. The molecule has 172 valence electrons. The van der Waals surface area contributed by atoms with Crippen molar-refractivity contribution < 1.29 is 34.0 Å². The number of carboxylic acid groups (broad SMARTS) is 1. The number of guanidine groups is 1. The Bertz CT molecular complexity index is 611. The van der Waals surface area contributed by atoms with E-state index < -0.39 is 48.8 Å². The number of aliphatic carboxylic acids is 1. The molecule has 30 heavy (non-hydrogen) atoms. The van der Waals surface area contributed by atoms with E-state index in [1.807, 2.05) is 0 Å². The molecule has 0 aliphatic carbocycles. The number of methoxy groups -OCH3 is 1. The van der Waals surface area contributed by atoms with Crippen molar-refractivity contribution in [3.8, 4) is 0 Å². The van der Waals surface area contributed by atoms with Crippen LogP contribution in [0.5, 0.6) is 0 Å². The summed E-state index contributed by atoms with van der Waals surface area (Å²) in [5, 5.41) is 29.3. The van der Waals surface area contributed by atoms with Crippen LogP contribution >= 0.6 is 0 Å². The minimum Gasteiger partial charge on any atom is -0.480 e. The maximum absolute atomic E-state index is 12.2. The SMILES string of the molecule is CCCCCCCC(=O)O[C@H](CO)[C@@H](OC)C1OC(C(=O)O)=CC(NC(=N)N)C1C. The van der Waals surface area contributed by atoms with Crippen molar-refractivity contribution >= 4 is 17.9 Å². The third-order valence-corrected chi connectivity index (χ3v) is 5.12. The van der Waals surface area contributed by atoms with Crippen LogP contribution in [0.15, 0.2) is 11.8 Å². The molecule has 1 aliphatic heterocycles. The predicted octanol–water partition coefficient (Wildman–Crippen LogP) is 1.12. The van der Waals surface area contributed by atoms with E-state index in [4.69, 9.17) is 25.4 Å². The first kappa shape index (κ1) is 25.7. The zero-order chi connectivity index (χ0) is 22.7. The zero-order valence-corrected chi connectivity index (χ0v) is 17.9. The van der Waals surface area contributed by atoms with Gasteiger partial charge in [-0.2, -0.15) is 0 Å². The molecule has 3 unspecified atom stereocenters. The molecule has 0 saturated heterocycles. The lowest BCUT2D eigenvalue weighted by molar-refractivity contribution is -0.175. The van der Waals surface area contributed by atoms with Crippen LogP contribution in [0, 0.1) is 11.3 Å². The van der Waals surface area contributed by atoms with Gasteiger partial charge in [0.2, 0.25) is 5.76 Å². The van der Waals surface area contributed by atoms with E-state index in [2.05, 4.69) is 12.2 Å². The van der Waals surface area contributed by atoms with Gasteiger partial charge in [0.05, 0.1) is 12.6 Å². The number of carbonyl (C=O) groups excluding carboxylic acids is 1. The van der Waals surface area contributed by atoms with Crippen LogP contribution in [-0.2, 0) is 23.8 Å². The molecule has 0 aromatic carbocycles. The lowest BCUT2D eigenvalue weighted by Gasteiger charge is -2.40. The van der Waals surface area contributed by atoms with Crippen LogP contribution in [0.25, 0.3) is 0 Å². The minimum atomic E-state index is -1.29. The Kier molecular flexibility index (Phi) is 11.2. The summed E-state index contributed by atoms with van der Waals surface area (Å²) >= 11 is 0. The summed E-state index contributed by atoms with van der Waals surface area (Å²) in [4.78, 5) is 23.7. The number of unbranched alkanes of at least 4 members (excludes halogenated alkanes) is 4. The van der Waals surface area contributed by atoms with Gasteiger partial charge in [-0.1, -0.05) is 39.5 Å². The Balaban J connectivity index is 2.87. The second kappa shape index (κ2) is 13.1. The fourth-order valence-electron chi connectivity index (χ4n) is 3.46. The van der Waals surface area contributed by atoms with Gasteiger partial charge in [0.1, 0.15) is 12.2 Å². The summed E-state index contributed by atoms with van der Waals surface area (Å²) in [6, 6.07) is -0.612. The quantitative estimate of drug-likeness (QED) is 0.125. The smallest absolute Gasteiger partial charge is 0.370 e. The first-order chi connectivity index (χ1) is 14.2. The largest absolute Gasteiger partial charge is 0.480 e. The molecular weight excluding hydrogens is 394 g/mol. The van der Waals surface area contributed by atoms with E-state index in [1.165, 1.54) is 13.2 Å². The second-order valence-corrected chi connectivity index (χ2v) is 7.44. The predicted molar refractivity (Wildman–Crippen MR) is 110 cm³/mol. The van der Waals surface area contributed by atoms with Gasteiger partial charge in [0.15, 0.2) is 12.1 Å². The van der Waals surface area contributed by atoms with Crippen molar-refractivity contribution in [2.45, 2.75) is 76.7 Å². The molecule has 5 atom stereocenters. The van der Waals surface area contributed by atoms with Gasteiger partial charge in [0.25, 0.3) is 0 Å². The number of ether oxygens (including phenoxy) is 3. The number of carboxylic acids is 1. The molecule has 0 radical (unpaired) electrons. The number of carbonyl (C=O) groups is 2. The first-order valence-electron chi connectivity index (χ1n) is 10.3. The minimum absolute atomic E-state index is 0.229. The number of hydrogen-bond donors (Lipinski definition) is 5. The van der Waals surface area contributed by atoms with E-state index in [0.717, 1.165) is 25.7 Å². The molecule has 10 heteroatoms. The fourth-order valence-corrected chi connectivity index (χ4v) is 3.46. The fraction of sp³-hybridized carbons (Fsp3) is 0.750. The average Bonchev–Trinajstić information content (AvgIpc) is 2.69. The van der Waals surface area contributed by atoms with Crippen LogP contribution in [0.3, 0.4) is 0 Å². The summed E-state index contributed by atoms with van der Waals surface area (Å²) in [5.74, 6) is -2.80. The number of hydrogen-bond acceptors (Lipinski definition) is 7. The van der Waals surface area contributed by atoms with Gasteiger partial charge in [-0.05, 0) is 12.5 Å². The highest BCUT2D eigenvalue weighted by atomic mass is 16.6. The summed E-state index contributed by atoms with van der Waals surface area (Å²) in [5.41, 5.74) is 5.40. The third-order valence-electron chi connectivity index (χ3n) is 5.12. The maximum Gasteiger partial charge on any atom is 0.370 e. The van der Waals surface area contributed by atoms with Crippen molar-refractivity contribution in [3.05, 3.63) is 11.8 Å². The summed E-state index contributed by atoms with van der Waals surface area (Å²) < 4.78 is 16.5. The zero-order valence-electron chi connectivity index (χ0n) is 17.9. The number of aliphatic hydroxyl groups is 1. The molecule has 0 aromatic rings. The lowest BCUT2D eigenvalue weighted by atomic mass is 9.87. The number of aliphatic hydroxyl groups excluding tert-OH is 1. The van der Waals surface area contributed by atoms with Gasteiger partial charge in [-0.3, -0.25) is 10.2 Å². The molecule has 1 aliphatic rings. The number of rotatable bonds is 13. The van der Waals surface area contributed by atoms with Gasteiger partial charge in [-0.25, -0.2) is 4.79 Å². The maximum atomic E-state index is 12.2. The Morgan fingerprint density at radius 2 is 2.00 bits per heavy atom. The molecule has 1 heterocycles. The molecule has 0 aromatic heterocycles. The van der Waals surface area contributed by atoms with Gasteiger partial charge >= 0.3 is 11.9 Å². The monoisotopic (exact) mass is 429 g/mol. The molecule has 0 spiro atoms. The van der Waals surface area contributed by atoms with Crippen molar-refractivity contribution in [1.82, 2.24) is 5.32 Å². The van der Waals surface area contributed by atoms with E-state index in [1.54, 1.807) is 6.92 Å². The highest BCUT2D eigenvalue weighted by Crippen LogP contribution is 2.29. The normalized spacial score (nSPS) is 22.9. The van der Waals surface area contributed by atoms with E-state index in [9.17, 15) is 19.8 Å². The van der Waals surface area contributed by atoms with Crippen molar-refractivity contribution in [2.24, 2.45) is 11.7 Å². The Labute approximate surface area is 177 Å². The second-order valence-electron chi connectivity index (χ2n) is 7.44. The van der Waals surface area contributed by atoms with Crippen LogP contribution in [0.1, 0.15) is 52.4 Å². The lowest BCUT2D eigenvalue weighted by Crippen LogP contribution is -2.55. The topological polar surface area (TPSA) is 164 Å². The molecule has 0 amide bonds. The van der Waals surface area contributed by atoms with Gasteiger partial charge in [-0.15, -0.1) is 0 Å². The average molecular weight is 430 g/mol. The Hall–Kier alpha value is -2.33. The van der Waals surface area contributed by atoms with E-state index >= 15 is 0 Å². The van der Waals surface area contributed by atoms with Crippen molar-refractivity contribution in [3.63, 3.8) is 0 Å². The van der Waals surface area contributed by atoms with Crippen LogP contribution in [-0.4, -0.2) is 66.2 Å². The molecule has 0 bridgehead atoms. The standard InChI is InChI=1S/C20H35N3O7/c1-4-5-6-7-8-9-16(25)29-15(11-24)18(28-3)17-12(2)13(23-20(21)22)10-14(30-17)19(26)27/h10,12-13,15,17-18,24H,4-9,11H2,1-3H3,(H,26,27)(H4,21,22,23)/t12?,13?,15-,17?,18-/m1/s1. The summed E-state index contributed by atoms with van der Waals surface area (Å²) in [6.07, 6.45) is 3.64. The highest BCUT2D eigenvalue weighted by Gasteiger charge is 2.43.